The molecule has 0 aliphatic heterocycles. The molecule has 1 aromatic rings. The second-order valence-corrected chi connectivity index (χ2v) is 6.95. The van der Waals surface area contributed by atoms with Crippen molar-refractivity contribution >= 4 is 0 Å². The second kappa shape index (κ2) is 4.70. The van der Waals surface area contributed by atoms with Crippen LogP contribution in [0.2, 0.25) is 0 Å². The minimum Gasteiger partial charge on any atom is -0.317 e. The molecular formula is C17H27N. The van der Waals surface area contributed by atoms with E-state index in [9.17, 15) is 0 Å². The topological polar surface area (TPSA) is 12.0 Å². The molecule has 1 saturated carbocycles. The van der Waals surface area contributed by atoms with E-state index in [4.69, 9.17) is 0 Å². The molecule has 0 amide bonds. The van der Waals surface area contributed by atoms with Crippen LogP contribution in [0.15, 0.2) is 24.3 Å². The van der Waals surface area contributed by atoms with E-state index in [0.29, 0.717) is 5.41 Å². The fourth-order valence-corrected chi connectivity index (χ4v) is 2.77. The second-order valence-electron chi connectivity index (χ2n) is 6.95. The molecule has 0 saturated heterocycles. The maximum Gasteiger partial charge on any atom is -0.00119 e. The van der Waals surface area contributed by atoms with Crippen LogP contribution in [-0.2, 0) is 10.8 Å². The first-order valence-electron chi connectivity index (χ1n) is 7.19. The van der Waals surface area contributed by atoms with Gasteiger partial charge in [-0.1, -0.05) is 58.9 Å². The third kappa shape index (κ3) is 2.61. The van der Waals surface area contributed by atoms with E-state index in [0.717, 1.165) is 19.0 Å². The monoisotopic (exact) mass is 245 g/mol. The first-order chi connectivity index (χ1) is 8.38. The molecule has 1 heteroatoms. The lowest BCUT2D eigenvalue weighted by Gasteiger charge is -2.20. The Morgan fingerprint density at radius 3 is 2.33 bits per heavy atom. The minimum absolute atomic E-state index is 0.256. The van der Waals surface area contributed by atoms with E-state index in [1.54, 1.807) is 0 Å². The number of benzene rings is 1. The van der Waals surface area contributed by atoms with E-state index in [1.165, 1.54) is 17.5 Å². The highest BCUT2D eigenvalue weighted by molar-refractivity contribution is 5.36. The van der Waals surface area contributed by atoms with Crippen molar-refractivity contribution in [2.24, 2.45) is 5.92 Å². The molecule has 0 spiro atoms. The molecule has 0 bridgehead atoms. The first kappa shape index (κ1) is 13.6. The van der Waals surface area contributed by atoms with Crippen LogP contribution in [0.4, 0.5) is 0 Å². The molecule has 0 aromatic heterocycles. The van der Waals surface area contributed by atoms with Crippen molar-refractivity contribution in [3.05, 3.63) is 35.4 Å². The average Bonchev–Trinajstić information content (AvgIpc) is 2.98. The fourth-order valence-electron chi connectivity index (χ4n) is 2.77. The molecule has 1 aromatic carbocycles. The van der Waals surface area contributed by atoms with E-state index >= 15 is 0 Å². The molecule has 1 nitrogen and oxygen atoms in total. The zero-order valence-corrected chi connectivity index (χ0v) is 12.5. The Bertz CT molecular complexity index is 399. The molecule has 0 heterocycles. The number of nitrogens with one attached hydrogen (secondary N) is 1. The summed E-state index contributed by atoms with van der Waals surface area (Å²) in [5, 5.41) is 3.47. The maximum absolute atomic E-state index is 3.47. The Morgan fingerprint density at radius 1 is 1.22 bits per heavy atom. The summed E-state index contributed by atoms with van der Waals surface area (Å²) in [4.78, 5) is 0. The van der Waals surface area contributed by atoms with Gasteiger partial charge in [-0.2, -0.15) is 0 Å². The van der Waals surface area contributed by atoms with Gasteiger partial charge >= 0.3 is 0 Å². The van der Waals surface area contributed by atoms with Crippen LogP contribution in [-0.4, -0.2) is 13.1 Å². The van der Waals surface area contributed by atoms with Crippen molar-refractivity contribution in [3.63, 3.8) is 0 Å². The summed E-state index contributed by atoms with van der Waals surface area (Å²) in [7, 11) is 0. The SMILES string of the molecule is CCNCC1CC1(C)c1ccc(C(C)(C)C)cc1. The molecule has 1 aliphatic rings. The van der Waals surface area contributed by atoms with Crippen LogP contribution < -0.4 is 5.32 Å². The Kier molecular flexibility index (Phi) is 3.55. The first-order valence-corrected chi connectivity index (χ1v) is 7.19. The van der Waals surface area contributed by atoms with Gasteiger partial charge in [0.15, 0.2) is 0 Å². The molecule has 18 heavy (non-hydrogen) atoms. The molecule has 1 N–H and O–H groups in total. The standard InChI is InChI=1S/C17H27N/c1-6-18-12-15-11-17(15,5)14-9-7-13(8-10-14)16(2,3)4/h7-10,15,18H,6,11-12H2,1-5H3. The molecule has 2 atom stereocenters. The predicted molar refractivity (Wildman–Crippen MR) is 79.1 cm³/mol. The molecule has 0 radical (unpaired) electrons. The zero-order valence-electron chi connectivity index (χ0n) is 12.5. The van der Waals surface area contributed by atoms with Gasteiger partial charge in [-0.15, -0.1) is 0 Å². The van der Waals surface area contributed by atoms with Crippen molar-refractivity contribution in [2.75, 3.05) is 13.1 Å². The summed E-state index contributed by atoms with van der Waals surface area (Å²) < 4.78 is 0. The van der Waals surface area contributed by atoms with Crippen molar-refractivity contribution in [1.82, 2.24) is 5.32 Å². The van der Waals surface area contributed by atoms with E-state index in [1.807, 2.05) is 0 Å². The summed E-state index contributed by atoms with van der Waals surface area (Å²) in [5.74, 6) is 0.818. The molecule has 1 aliphatic carbocycles. The van der Waals surface area contributed by atoms with Crippen LogP contribution in [0, 0.1) is 5.92 Å². The van der Waals surface area contributed by atoms with Crippen molar-refractivity contribution in [3.8, 4) is 0 Å². The van der Waals surface area contributed by atoms with Crippen LogP contribution in [0.25, 0.3) is 0 Å². The van der Waals surface area contributed by atoms with Gasteiger partial charge in [0, 0.05) is 0 Å². The van der Waals surface area contributed by atoms with Gasteiger partial charge in [0.2, 0.25) is 0 Å². The molecule has 2 rings (SSSR count). The number of hydrogen-bond donors (Lipinski definition) is 1. The highest BCUT2D eigenvalue weighted by atomic mass is 14.9. The molecular weight excluding hydrogens is 218 g/mol. The van der Waals surface area contributed by atoms with E-state index in [2.05, 4.69) is 64.2 Å². The van der Waals surface area contributed by atoms with Gasteiger partial charge in [0.1, 0.15) is 0 Å². The smallest absolute Gasteiger partial charge is 0.00119 e. The highest BCUT2D eigenvalue weighted by Crippen LogP contribution is 2.53. The lowest BCUT2D eigenvalue weighted by Crippen LogP contribution is -2.19. The van der Waals surface area contributed by atoms with Gasteiger partial charge in [-0.3, -0.25) is 0 Å². The Morgan fingerprint density at radius 2 is 1.83 bits per heavy atom. The summed E-state index contributed by atoms with van der Waals surface area (Å²) >= 11 is 0. The summed E-state index contributed by atoms with van der Waals surface area (Å²) in [6, 6.07) is 9.30. The van der Waals surface area contributed by atoms with Gasteiger partial charge < -0.3 is 5.32 Å². The van der Waals surface area contributed by atoms with Crippen molar-refractivity contribution in [1.29, 1.82) is 0 Å². The van der Waals surface area contributed by atoms with Crippen molar-refractivity contribution in [2.45, 2.75) is 51.9 Å². The summed E-state index contributed by atoms with van der Waals surface area (Å²) in [6.45, 7) is 13.6. The Balaban J connectivity index is 2.07. The third-order valence-corrected chi connectivity index (χ3v) is 4.46. The van der Waals surface area contributed by atoms with Crippen LogP contribution in [0.1, 0.15) is 52.2 Å². The number of hydrogen-bond acceptors (Lipinski definition) is 1. The normalized spacial score (nSPS) is 27.3. The summed E-state index contributed by atoms with van der Waals surface area (Å²) in [6.07, 6.45) is 1.33. The van der Waals surface area contributed by atoms with Gasteiger partial charge in [0.25, 0.3) is 0 Å². The van der Waals surface area contributed by atoms with Crippen molar-refractivity contribution < 1.29 is 0 Å². The van der Waals surface area contributed by atoms with Gasteiger partial charge in [-0.05, 0) is 47.4 Å². The van der Waals surface area contributed by atoms with E-state index < -0.39 is 0 Å². The molecule has 2 unspecified atom stereocenters. The predicted octanol–water partition coefficient (Wildman–Crippen LogP) is 3.87. The Hall–Kier alpha value is -0.820. The lowest BCUT2D eigenvalue weighted by molar-refractivity contribution is 0.582. The molecule has 100 valence electrons. The molecule has 1 fully saturated rings. The zero-order chi connectivity index (χ0) is 13.4. The minimum atomic E-state index is 0.256. The van der Waals surface area contributed by atoms with Crippen LogP contribution in [0.5, 0.6) is 0 Å². The average molecular weight is 245 g/mol. The lowest BCUT2D eigenvalue weighted by atomic mass is 9.85. The Labute approximate surface area is 112 Å². The quantitative estimate of drug-likeness (QED) is 0.849. The highest BCUT2D eigenvalue weighted by Gasteiger charge is 2.50. The maximum atomic E-state index is 3.47. The van der Waals surface area contributed by atoms with Crippen LogP contribution in [0.3, 0.4) is 0 Å². The van der Waals surface area contributed by atoms with Gasteiger partial charge in [-0.25, -0.2) is 0 Å². The third-order valence-electron chi connectivity index (χ3n) is 4.46. The fraction of sp³-hybridized carbons (Fsp3) is 0.647. The number of rotatable bonds is 4. The van der Waals surface area contributed by atoms with E-state index in [-0.39, 0.29) is 5.41 Å². The summed E-state index contributed by atoms with van der Waals surface area (Å²) in [5.41, 5.74) is 3.61. The van der Waals surface area contributed by atoms with Gasteiger partial charge in [0.05, 0.1) is 0 Å². The van der Waals surface area contributed by atoms with Crippen LogP contribution >= 0.6 is 0 Å². The largest absolute Gasteiger partial charge is 0.317 e.